The van der Waals surface area contributed by atoms with E-state index in [4.69, 9.17) is 4.74 Å². The van der Waals surface area contributed by atoms with Crippen molar-refractivity contribution in [1.82, 2.24) is 9.71 Å². The number of pyridine rings is 1. The van der Waals surface area contributed by atoms with Crippen molar-refractivity contribution >= 4 is 10.0 Å². The third-order valence-corrected chi connectivity index (χ3v) is 3.97. The number of ether oxygens (including phenoxy) is 1. The standard InChI is InChI=1S/C13H14N2O3S/c1-18-12-3-2-4-13(9-12)19(16,17)15-10-11-5-7-14-8-6-11/h2-9,15H,10H2,1H3. The number of nitrogens with zero attached hydrogens (tertiary/aromatic N) is 1. The molecule has 0 aliphatic rings. The molecule has 0 atom stereocenters. The number of nitrogens with one attached hydrogen (secondary N) is 1. The van der Waals surface area contributed by atoms with Crippen molar-refractivity contribution < 1.29 is 13.2 Å². The van der Waals surface area contributed by atoms with Gasteiger partial charge in [0.2, 0.25) is 10.0 Å². The summed E-state index contributed by atoms with van der Waals surface area (Å²) < 4.78 is 31.7. The van der Waals surface area contributed by atoms with Gasteiger partial charge in [-0.25, -0.2) is 13.1 Å². The van der Waals surface area contributed by atoms with Crippen LogP contribution in [0.1, 0.15) is 5.56 Å². The smallest absolute Gasteiger partial charge is 0.241 e. The zero-order valence-electron chi connectivity index (χ0n) is 10.4. The van der Waals surface area contributed by atoms with Crippen LogP contribution in [-0.2, 0) is 16.6 Å². The zero-order valence-corrected chi connectivity index (χ0v) is 11.2. The Bertz CT molecular complexity index is 642. The molecule has 2 aromatic rings. The summed E-state index contributed by atoms with van der Waals surface area (Å²) in [5.74, 6) is 0.506. The van der Waals surface area contributed by atoms with Crippen molar-refractivity contribution in [1.29, 1.82) is 0 Å². The summed E-state index contributed by atoms with van der Waals surface area (Å²) in [4.78, 5) is 4.06. The second-order valence-corrected chi connectivity index (χ2v) is 5.63. The van der Waals surface area contributed by atoms with Crippen LogP contribution in [0.2, 0.25) is 0 Å². The number of methoxy groups -OCH3 is 1. The van der Waals surface area contributed by atoms with Gasteiger partial charge in [-0.15, -0.1) is 0 Å². The van der Waals surface area contributed by atoms with Gasteiger partial charge in [-0.3, -0.25) is 4.98 Å². The fraction of sp³-hybridized carbons (Fsp3) is 0.154. The molecule has 2 rings (SSSR count). The van der Waals surface area contributed by atoms with E-state index in [0.717, 1.165) is 5.56 Å². The maximum Gasteiger partial charge on any atom is 0.241 e. The normalized spacial score (nSPS) is 11.2. The highest BCUT2D eigenvalue weighted by atomic mass is 32.2. The van der Waals surface area contributed by atoms with Crippen LogP contribution >= 0.6 is 0 Å². The number of aromatic nitrogens is 1. The van der Waals surface area contributed by atoms with Crippen molar-refractivity contribution in [3.8, 4) is 5.75 Å². The lowest BCUT2D eigenvalue weighted by molar-refractivity contribution is 0.413. The number of hydrogen-bond acceptors (Lipinski definition) is 4. The lowest BCUT2D eigenvalue weighted by Crippen LogP contribution is -2.23. The summed E-state index contributed by atoms with van der Waals surface area (Å²) >= 11 is 0. The average molecular weight is 278 g/mol. The van der Waals surface area contributed by atoms with Gasteiger partial charge in [0.05, 0.1) is 12.0 Å². The van der Waals surface area contributed by atoms with E-state index in [9.17, 15) is 8.42 Å². The molecule has 0 spiro atoms. The van der Waals surface area contributed by atoms with Gasteiger partial charge < -0.3 is 4.74 Å². The van der Waals surface area contributed by atoms with Crippen molar-refractivity contribution in [2.45, 2.75) is 11.4 Å². The first-order valence-electron chi connectivity index (χ1n) is 5.64. The Morgan fingerprint density at radius 2 is 1.95 bits per heavy atom. The van der Waals surface area contributed by atoms with E-state index in [2.05, 4.69) is 9.71 Å². The summed E-state index contributed by atoms with van der Waals surface area (Å²) in [6, 6.07) is 9.86. The van der Waals surface area contributed by atoms with Crippen molar-refractivity contribution in [3.63, 3.8) is 0 Å². The fourth-order valence-corrected chi connectivity index (χ4v) is 2.58. The third-order valence-electron chi connectivity index (χ3n) is 2.57. The van der Waals surface area contributed by atoms with E-state index < -0.39 is 10.0 Å². The molecule has 0 saturated heterocycles. The van der Waals surface area contributed by atoms with Crippen molar-refractivity contribution in [2.24, 2.45) is 0 Å². The lowest BCUT2D eigenvalue weighted by Gasteiger charge is -2.08. The van der Waals surface area contributed by atoms with E-state index in [1.54, 1.807) is 36.7 Å². The third kappa shape index (κ3) is 3.52. The molecule has 6 heteroatoms. The lowest BCUT2D eigenvalue weighted by atomic mass is 10.3. The minimum absolute atomic E-state index is 0.181. The molecule has 1 aromatic heterocycles. The molecule has 0 radical (unpaired) electrons. The molecule has 1 N–H and O–H groups in total. The quantitative estimate of drug-likeness (QED) is 0.901. The fourth-order valence-electron chi connectivity index (χ4n) is 1.53. The molecule has 100 valence electrons. The molecule has 19 heavy (non-hydrogen) atoms. The second-order valence-electron chi connectivity index (χ2n) is 3.86. The first-order valence-corrected chi connectivity index (χ1v) is 7.13. The molecule has 0 bridgehead atoms. The SMILES string of the molecule is COc1cccc(S(=O)(=O)NCc2ccncc2)c1. The largest absolute Gasteiger partial charge is 0.497 e. The average Bonchev–Trinajstić information content (AvgIpc) is 2.46. The molecule has 0 saturated carbocycles. The summed E-state index contributed by atoms with van der Waals surface area (Å²) in [5.41, 5.74) is 0.849. The molecule has 1 aromatic carbocycles. The van der Waals surface area contributed by atoms with Gasteiger partial charge in [-0.1, -0.05) is 6.07 Å². The van der Waals surface area contributed by atoms with Gasteiger partial charge in [0.1, 0.15) is 5.75 Å². The molecule has 0 aliphatic carbocycles. The predicted octanol–water partition coefficient (Wildman–Crippen LogP) is 1.57. The van der Waals surface area contributed by atoms with E-state index in [1.165, 1.54) is 19.2 Å². The molecule has 5 nitrogen and oxygen atoms in total. The predicted molar refractivity (Wildman–Crippen MR) is 71.3 cm³/mol. The van der Waals surface area contributed by atoms with Crippen LogP contribution in [-0.4, -0.2) is 20.5 Å². The van der Waals surface area contributed by atoms with Crippen molar-refractivity contribution in [3.05, 3.63) is 54.4 Å². The molecule has 0 aliphatic heterocycles. The van der Waals surface area contributed by atoms with E-state index in [1.807, 2.05) is 0 Å². The first kappa shape index (κ1) is 13.5. The Labute approximate surface area is 112 Å². The molecule has 0 unspecified atom stereocenters. The summed E-state index contributed by atoms with van der Waals surface area (Å²) in [6.45, 7) is 0.224. The number of hydrogen-bond donors (Lipinski definition) is 1. The molecular weight excluding hydrogens is 264 g/mol. The van der Waals surface area contributed by atoms with Gasteiger partial charge in [0, 0.05) is 25.0 Å². The Hall–Kier alpha value is -1.92. The highest BCUT2D eigenvalue weighted by molar-refractivity contribution is 7.89. The summed E-state index contributed by atoms with van der Waals surface area (Å²) in [6.07, 6.45) is 3.24. The van der Waals surface area contributed by atoms with Crippen LogP contribution in [0.3, 0.4) is 0 Å². The van der Waals surface area contributed by atoms with E-state index in [0.29, 0.717) is 5.75 Å². The van der Waals surface area contributed by atoms with Crippen LogP contribution in [0, 0.1) is 0 Å². The zero-order chi connectivity index (χ0) is 13.7. The van der Waals surface area contributed by atoms with E-state index in [-0.39, 0.29) is 11.4 Å². The Morgan fingerprint density at radius 1 is 1.21 bits per heavy atom. The van der Waals surface area contributed by atoms with Crippen LogP contribution in [0.5, 0.6) is 5.75 Å². The minimum atomic E-state index is -3.54. The Kier molecular flexibility index (Phi) is 4.13. The van der Waals surface area contributed by atoms with Gasteiger partial charge in [0.15, 0.2) is 0 Å². The van der Waals surface area contributed by atoms with Crippen LogP contribution < -0.4 is 9.46 Å². The Balaban J connectivity index is 2.14. The van der Waals surface area contributed by atoms with Gasteiger partial charge in [-0.2, -0.15) is 0 Å². The van der Waals surface area contributed by atoms with Crippen LogP contribution in [0.25, 0.3) is 0 Å². The monoisotopic (exact) mass is 278 g/mol. The van der Waals surface area contributed by atoms with Crippen LogP contribution in [0.4, 0.5) is 0 Å². The number of sulfonamides is 1. The van der Waals surface area contributed by atoms with Gasteiger partial charge >= 0.3 is 0 Å². The minimum Gasteiger partial charge on any atom is -0.497 e. The topological polar surface area (TPSA) is 68.3 Å². The second kappa shape index (κ2) is 5.81. The molecular formula is C13H14N2O3S. The Morgan fingerprint density at radius 3 is 2.63 bits per heavy atom. The highest BCUT2D eigenvalue weighted by Gasteiger charge is 2.14. The van der Waals surface area contributed by atoms with Crippen molar-refractivity contribution in [2.75, 3.05) is 7.11 Å². The maximum absolute atomic E-state index is 12.1. The van der Waals surface area contributed by atoms with Crippen LogP contribution in [0.15, 0.2) is 53.7 Å². The summed E-state index contributed by atoms with van der Waals surface area (Å²) in [5, 5.41) is 0. The number of rotatable bonds is 5. The van der Waals surface area contributed by atoms with E-state index >= 15 is 0 Å². The maximum atomic E-state index is 12.1. The van der Waals surface area contributed by atoms with Gasteiger partial charge in [0.25, 0.3) is 0 Å². The molecule has 1 heterocycles. The molecule has 0 fully saturated rings. The summed E-state index contributed by atoms with van der Waals surface area (Å²) in [7, 11) is -2.05. The highest BCUT2D eigenvalue weighted by Crippen LogP contribution is 2.17. The number of benzene rings is 1. The van der Waals surface area contributed by atoms with Gasteiger partial charge in [-0.05, 0) is 29.8 Å². The first-order chi connectivity index (χ1) is 9.12. The molecule has 0 amide bonds.